The Kier molecular flexibility index (Phi) is 2.33. The molecule has 0 radical (unpaired) electrons. The van der Waals surface area contributed by atoms with Gasteiger partial charge in [-0.2, -0.15) is 0 Å². The molecule has 19 heavy (non-hydrogen) atoms. The minimum Gasteiger partial charge on any atom is -0.319 e. The molecule has 2 aliphatic rings. The Morgan fingerprint density at radius 3 is 2.21 bits per heavy atom. The molecular weight excluding hydrogens is 326 g/mol. The van der Waals surface area contributed by atoms with Crippen molar-refractivity contribution >= 4 is 62.2 Å². The van der Waals surface area contributed by atoms with Crippen molar-refractivity contribution < 1.29 is 4.74 Å². The zero-order chi connectivity index (χ0) is 13.4. The molecule has 0 bridgehead atoms. The van der Waals surface area contributed by atoms with Crippen LogP contribution in [0.25, 0.3) is 15.8 Å². The summed E-state index contributed by atoms with van der Waals surface area (Å²) in [4.78, 5) is 0. The average molecular weight is 332 g/mol. The van der Waals surface area contributed by atoms with Crippen molar-refractivity contribution in [2.75, 3.05) is 0 Å². The quantitative estimate of drug-likeness (QED) is 0.468. The fourth-order valence-corrected chi connectivity index (χ4v) is 3.91. The smallest absolute Gasteiger partial charge is 0.229 e. The van der Waals surface area contributed by atoms with Crippen LogP contribution >= 0.6 is 46.4 Å². The van der Waals surface area contributed by atoms with E-state index in [9.17, 15) is 0 Å². The van der Waals surface area contributed by atoms with Crippen molar-refractivity contribution in [3.8, 4) is 0 Å². The van der Waals surface area contributed by atoms with Crippen LogP contribution in [0.15, 0.2) is 41.4 Å². The van der Waals surface area contributed by atoms with Gasteiger partial charge in [-0.05, 0) is 22.9 Å². The van der Waals surface area contributed by atoms with E-state index in [4.69, 9.17) is 51.1 Å². The Bertz CT molecular complexity index is 769. The van der Waals surface area contributed by atoms with Gasteiger partial charge in [0.2, 0.25) is 10.1 Å². The Morgan fingerprint density at radius 2 is 1.53 bits per heavy atom. The largest absolute Gasteiger partial charge is 0.319 e. The number of ether oxygens (including phenoxy) is 1. The zero-order valence-electron chi connectivity index (χ0n) is 9.38. The summed E-state index contributed by atoms with van der Waals surface area (Å²) in [6.45, 7) is 0. The zero-order valence-corrected chi connectivity index (χ0v) is 12.4. The van der Waals surface area contributed by atoms with Crippen LogP contribution in [0.1, 0.15) is 11.1 Å². The summed E-state index contributed by atoms with van der Waals surface area (Å²) in [5.74, 6) is 0. The molecule has 0 aromatic heterocycles. The maximum atomic E-state index is 6.45. The highest BCUT2D eigenvalue weighted by Gasteiger charge is 2.75. The molecule has 0 saturated carbocycles. The monoisotopic (exact) mass is 330 g/mol. The van der Waals surface area contributed by atoms with Crippen molar-refractivity contribution in [3.63, 3.8) is 0 Å². The van der Waals surface area contributed by atoms with Crippen molar-refractivity contribution in [1.82, 2.24) is 0 Å². The second kappa shape index (κ2) is 3.60. The van der Waals surface area contributed by atoms with Crippen molar-refractivity contribution in [2.45, 2.75) is 10.1 Å². The fourth-order valence-electron chi connectivity index (χ4n) is 2.53. The molecular formula is C14H6Cl4O. The molecule has 1 aliphatic carbocycles. The summed E-state index contributed by atoms with van der Waals surface area (Å²) in [6, 6.07) is 11.8. The van der Waals surface area contributed by atoms with Crippen LogP contribution in [0, 0.1) is 0 Å². The lowest BCUT2D eigenvalue weighted by atomic mass is 9.93. The van der Waals surface area contributed by atoms with E-state index in [1.165, 1.54) is 0 Å². The molecule has 2 atom stereocenters. The lowest BCUT2D eigenvalue weighted by Gasteiger charge is -2.21. The summed E-state index contributed by atoms with van der Waals surface area (Å²) in [5, 5.41) is 0.399. The van der Waals surface area contributed by atoms with Gasteiger partial charge in [0.05, 0.1) is 10.1 Å². The third-order valence-corrected chi connectivity index (χ3v) is 5.81. The van der Waals surface area contributed by atoms with Crippen molar-refractivity contribution in [3.05, 3.63) is 52.6 Å². The molecule has 4 rings (SSSR count). The number of rotatable bonds is 0. The van der Waals surface area contributed by atoms with E-state index in [-0.39, 0.29) is 5.03 Å². The predicted octanol–water partition coefficient (Wildman–Crippen LogP) is 5.36. The highest BCUT2D eigenvalue weighted by molar-refractivity contribution is 6.59. The van der Waals surface area contributed by atoms with E-state index in [1.807, 2.05) is 36.4 Å². The highest BCUT2D eigenvalue weighted by atomic mass is 35.5. The number of epoxide rings is 1. The number of hydrogen-bond acceptors (Lipinski definition) is 1. The minimum atomic E-state index is -1.23. The lowest BCUT2D eigenvalue weighted by molar-refractivity contribution is 0.357. The van der Waals surface area contributed by atoms with Gasteiger partial charge in [-0.3, -0.25) is 0 Å². The average Bonchev–Trinajstić information content (AvgIpc) is 3.00. The maximum Gasteiger partial charge on any atom is 0.229 e. The standard InChI is InChI=1S/C14H6Cl4O/c15-11-9-5-7-3-1-2-4-8(7)6-10(9)13(17)14(18,19-13)12(11)16/h1-6H. The van der Waals surface area contributed by atoms with E-state index >= 15 is 0 Å². The third kappa shape index (κ3) is 1.38. The van der Waals surface area contributed by atoms with Gasteiger partial charge in [-0.15, -0.1) is 0 Å². The maximum absolute atomic E-state index is 6.45. The van der Waals surface area contributed by atoms with Crippen LogP contribution in [0.4, 0.5) is 0 Å². The first kappa shape index (κ1) is 12.3. The molecule has 1 aliphatic heterocycles. The summed E-state index contributed by atoms with van der Waals surface area (Å²) in [5.41, 5.74) is 1.53. The second-order valence-electron chi connectivity index (χ2n) is 4.67. The van der Waals surface area contributed by atoms with Crippen LogP contribution in [0.5, 0.6) is 0 Å². The van der Waals surface area contributed by atoms with Gasteiger partial charge < -0.3 is 4.74 Å². The van der Waals surface area contributed by atoms with E-state index < -0.39 is 10.1 Å². The molecule has 2 aromatic rings. The van der Waals surface area contributed by atoms with Crippen LogP contribution in [-0.2, 0) is 9.80 Å². The topological polar surface area (TPSA) is 12.5 Å². The normalized spacial score (nSPS) is 32.2. The molecule has 0 N–H and O–H groups in total. The van der Waals surface area contributed by atoms with E-state index in [1.54, 1.807) is 0 Å². The van der Waals surface area contributed by atoms with Crippen LogP contribution < -0.4 is 0 Å². The number of halogens is 4. The Hall–Kier alpha value is -0.440. The number of hydrogen-bond donors (Lipinski definition) is 0. The van der Waals surface area contributed by atoms with Gasteiger partial charge in [-0.1, -0.05) is 70.7 Å². The van der Waals surface area contributed by atoms with Gasteiger partial charge in [0.1, 0.15) is 0 Å². The number of benzene rings is 2. The third-order valence-electron chi connectivity index (χ3n) is 3.60. The van der Waals surface area contributed by atoms with Gasteiger partial charge >= 0.3 is 0 Å². The second-order valence-corrected chi connectivity index (χ2v) is 6.49. The van der Waals surface area contributed by atoms with Gasteiger partial charge in [0, 0.05) is 11.1 Å². The summed E-state index contributed by atoms with van der Waals surface area (Å²) in [7, 11) is 0. The predicted molar refractivity (Wildman–Crippen MR) is 79.8 cm³/mol. The lowest BCUT2D eigenvalue weighted by Crippen LogP contribution is -2.20. The molecule has 2 unspecified atom stereocenters. The molecule has 1 fully saturated rings. The van der Waals surface area contributed by atoms with Crippen LogP contribution in [-0.4, -0.2) is 5.06 Å². The first-order valence-electron chi connectivity index (χ1n) is 5.65. The number of alkyl halides is 2. The summed E-state index contributed by atoms with van der Waals surface area (Å²) in [6.07, 6.45) is 0. The first-order valence-corrected chi connectivity index (χ1v) is 7.16. The Labute approximate surface area is 129 Å². The van der Waals surface area contributed by atoms with Crippen molar-refractivity contribution in [1.29, 1.82) is 0 Å². The molecule has 1 nitrogen and oxygen atoms in total. The van der Waals surface area contributed by atoms with Gasteiger partial charge in [-0.25, -0.2) is 0 Å². The Balaban J connectivity index is 2.12. The number of fused-ring (bicyclic) bond motifs is 4. The van der Waals surface area contributed by atoms with Gasteiger partial charge in [0.15, 0.2) is 0 Å². The molecule has 5 heteroatoms. The molecule has 0 amide bonds. The van der Waals surface area contributed by atoms with E-state index in [2.05, 4.69) is 0 Å². The first-order chi connectivity index (χ1) is 8.97. The van der Waals surface area contributed by atoms with Gasteiger partial charge in [0.25, 0.3) is 0 Å². The highest BCUT2D eigenvalue weighted by Crippen LogP contribution is 2.70. The summed E-state index contributed by atoms with van der Waals surface area (Å²) < 4.78 is 5.47. The van der Waals surface area contributed by atoms with E-state index in [0.717, 1.165) is 21.9 Å². The molecule has 2 aromatic carbocycles. The Morgan fingerprint density at radius 1 is 0.895 bits per heavy atom. The molecule has 1 heterocycles. The SMILES string of the molecule is ClC1=C(Cl)C2(Cl)OC2(Cl)c2cc3ccccc3cc21. The fraction of sp³-hybridized carbons (Fsp3) is 0.143. The molecule has 0 spiro atoms. The molecule has 1 saturated heterocycles. The minimum absolute atomic E-state index is 0.244. The van der Waals surface area contributed by atoms with Crippen LogP contribution in [0.3, 0.4) is 0 Å². The van der Waals surface area contributed by atoms with E-state index in [0.29, 0.717) is 5.03 Å². The van der Waals surface area contributed by atoms with Crippen LogP contribution in [0.2, 0.25) is 0 Å². The van der Waals surface area contributed by atoms with Crippen molar-refractivity contribution in [2.24, 2.45) is 0 Å². The molecule has 96 valence electrons. The summed E-state index contributed by atoms with van der Waals surface area (Å²) >= 11 is 25.2.